The lowest BCUT2D eigenvalue weighted by Crippen LogP contribution is -2.39. The molecular formula is C18H21NO3S2. The van der Waals surface area contributed by atoms with E-state index in [2.05, 4.69) is 18.4 Å². The summed E-state index contributed by atoms with van der Waals surface area (Å²) < 4.78 is 22.7. The highest BCUT2D eigenvalue weighted by Crippen LogP contribution is 2.35. The second-order valence-electron chi connectivity index (χ2n) is 6.24. The summed E-state index contributed by atoms with van der Waals surface area (Å²) in [5.41, 5.74) is 2.60. The lowest BCUT2D eigenvalue weighted by atomic mass is 9.96. The minimum atomic E-state index is -3.06. The number of carbonyl (C=O) groups excluding carboxylic acids is 1. The summed E-state index contributed by atoms with van der Waals surface area (Å²) in [6.07, 6.45) is 3.01. The van der Waals surface area contributed by atoms with Gasteiger partial charge in [-0.2, -0.15) is 0 Å². The lowest BCUT2D eigenvalue weighted by molar-refractivity contribution is 0.0657. The van der Waals surface area contributed by atoms with Crippen LogP contribution in [0.15, 0.2) is 35.7 Å². The zero-order valence-electron chi connectivity index (χ0n) is 13.9. The SMILES string of the molecule is CCC1c2ccsc2CCN1C(=O)c1ccc(CS(C)(=O)=O)cc1. The van der Waals surface area contributed by atoms with Gasteiger partial charge in [0.2, 0.25) is 0 Å². The molecule has 0 fully saturated rings. The Balaban J connectivity index is 1.81. The van der Waals surface area contributed by atoms with Gasteiger partial charge in [-0.05, 0) is 47.5 Å². The number of fused-ring (bicyclic) bond motifs is 1. The van der Waals surface area contributed by atoms with Gasteiger partial charge in [0.1, 0.15) is 0 Å². The van der Waals surface area contributed by atoms with Gasteiger partial charge < -0.3 is 4.90 Å². The Hall–Kier alpha value is -1.66. The molecule has 1 unspecified atom stereocenters. The first-order valence-electron chi connectivity index (χ1n) is 8.03. The molecule has 128 valence electrons. The molecule has 4 nitrogen and oxygen atoms in total. The monoisotopic (exact) mass is 363 g/mol. The van der Waals surface area contributed by atoms with Crippen molar-refractivity contribution < 1.29 is 13.2 Å². The highest BCUT2D eigenvalue weighted by Gasteiger charge is 2.30. The highest BCUT2D eigenvalue weighted by atomic mass is 32.2. The number of thiophene rings is 1. The van der Waals surface area contributed by atoms with E-state index in [9.17, 15) is 13.2 Å². The third-order valence-corrected chi connectivity index (χ3v) is 6.23. The van der Waals surface area contributed by atoms with Crippen LogP contribution in [0.5, 0.6) is 0 Å². The van der Waals surface area contributed by atoms with Gasteiger partial charge in [-0.25, -0.2) is 8.42 Å². The summed E-state index contributed by atoms with van der Waals surface area (Å²) in [4.78, 5) is 16.2. The first kappa shape index (κ1) is 17.2. The smallest absolute Gasteiger partial charge is 0.254 e. The van der Waals surface area contributed by atoms with E-state index in [0.717, 1.165) is 19.4 Å². The highest BCUT2D eigenvalue weighted by molar-refractivity contribution is 7.89. The van der Waals surface area contributed by atoms with E-state index in [1.54, 1.807) is 35.6 Å². The second kappa shape index (κ2) is 6.69. The molecule has 24 heavy (non-hydrogen) atoms. The van der Waals surface area contributed by atoms with Gasteiger partial charge in [-0.3, -0.25) is 4.79 Å². The maximum Gasteiger partial charge on any atom is 0.254 e. The molecule has 1 aliphatic heterocycles. The van der Waals surface area contributed by atoms with Crippen LogP contribution in [-0.2, 0) is 22.0 Å². The van der Waals surface area contributed by atoms with Gasteiger partial charge in [0.15, 0.2) is 9.84 Å². The number of rotatable bonds is 4. The molecule has 3 rings (SSSR count). The molecular weight excluding hydrogens is 342 g/mol. The van der Waals surface area contributed by atoms with Crippen LogP contribution in [0, 0.1) is 0 Å². The van der Waals surface area contributed by atoms with Gasteiger partial charge >= 0.3 is 0 Å². The first-order chi connectivity index (χ1) is 11.4. The predicted octanol–water partition coefficient (Wildman–Crippen LogP) is 3.44. The molecule has 1 aromatic heterocycles. The summed E-state index contributed by atoms with van der Waals surface area (Å²) in [6.45, 7) is 2.84. The Morgan fingerprint density at radius 3 is 2.58 bits per heavy atom. The fraction of sp³-hybridized carbons (Fsp3) is 0.389. The molecule has 1 amide bonds. The topological polar surface area (TPSA) is 54.5 Å². The Kier molecular flexibility index (Phi) is 4.78. The molecule has 0 saturated carbocycles. The van der Waals surface area contributed by atoms with E-state index in [1.807, 2.05) is 4.90 Å². The summed E-state index contributed by atoms with van der Waals surface area (Å²) in [5.74, 6) is 0.0192. The van der Waals surface area contributed by atoms with Crippen LogP contribution >= 0.6 is 11.3 Å². The van der Waals surface area contributed by atoms with Gasteiger partial charge in [0, 0.05) is 23.2 Å². The molecule has 0 N–H and O–H groups in total. The number of hydrogen-bond donors (Lipinski definition) is 0. The second-order valence-corrected chi connectivity index (χ2v) is 9.38. The van der Waals surface area contributed by atoms with E-state index < -0.39 is 9.84 Å². The lowest BCUT2D eigenvalue weighted by Gasteiger charge is -2.35. The largest absolute Gasteiger partial charge is 0.331 e. The average Bonchev–Trinajstić information content (AvgIpc) is 3.01. The van der Waals surface area contributed by atoms with Crippen LogP contribution in [0.2, 0.25) is 0 Å². The van der Waals surface area contributed by atoms with Crippen LogP contribution < -0.4 is 0 Å². The molecule has 0 radical (unpaired) electrons. The zero-order valence-corrected chi connectivity index (χ0v) is 15.5. The van der Waals surface area contributed by atoms with Crippen molar-refractivity contribution in [2.24, 2.45) is 0 Å². The Bertz CT molecular complexity index is 837. The van der Waals surface area contributed by atoms with Gasteiger partial charge in [0.25, 0.3) is 5.91 Å². The van der Waals surface area contributed by atoms with E-state index in [4.69, 9.17) is 0 Å². The van der Waals surface area contributed by atoms with Crippen molar-refractivity contribution in [3.63, 3.8) is 0 Å². The van der Waals surface area contributed by atoms with E-state index in [0.29, 0.717) is 11.1 Å². The standard InChI is InChI=1S/C18H21NO3S2/c1-3-16-15-9-11-23-17(15)8-10-19(16)18(20)14-6-4-13(5-7-14)12-24(2,21)22/h4-7,9,11,16H,3,8,10,12H2,1-2H3. The number of benzene rings is 1. The van der Waals surface area contributed by atoms with Crippen molar-refractivity contribution >= 4 is 27.1 Å². The van der Waals surface area contributed by atoms with E-state index in [1.165, 1.54) is 16.7 Å². The van der Waals surface area contributed by atoms with Crippen molar-refractivity contribution in [1.29, 1.82) is 0 Å². The van der Waals surface area contributed by atoms with Crippen molar-refractivity contribution in [2.75, 3.05) is 12.8 Å². The predicted molar refractivity (Wildman–Crippen MR) is 97.1 cm³/mol. The minimum absolute atomic E-state index is 0.00103. The Morgan fingerprint density at radius 2 is 1.96 bits per heavy atom. The minimum Gasteiger partial charge on any atom is -0.331 e. The van der Waals surface area contributed by atoms with Crippen LogP contribution in [0.3, 0.4) is 0 Å². The summed E-state index contributed by atoms with van der Waals surface area (Å²) >= 11 is 1.77. The summed E-state index contributed by atoms with van der Waals surface area (Å²) in [5, 5.41) is 2.10. The van der Waals surface area contributed by atoms with E-state index >= 15 is 0 Å². The Morgan fingerprint density at radius 1 is 1.25 bits per heavy atom. The molecule has 6 heteroatoms. The third-order valence-electron chi connectivity index (χ3n) is 4.37. The number of nitrogens with zero attached hydrogens (tertiary/aromatic N) is 1. The average molecular weight is 364 g/mol. The maximum absolute atomic E-state index is 12.9. The van der Waals surface area contributed by atoms with Crippen molar-refractivity contribution in [3.8, 4) is 0 Å². The first-order valence-corrected chi connectivity index (χ1v) is 11.0. The zero-order chi connectivity index (χ0) is 17.3. The van der Waals surface area contributed by atoms with Crippen LogP contribution in [0.4, 0.5) is 0 Å². The van der Waals surface area contributed by atoms with Crippen molar-refractivity contribution in [1.82, 2.24) is 4.90 Å². The third kappa shape index (κ3) is 3.54. The number of amides is 1. The molecule has 0 saturated heterocycles. The van der Waals surface area contributed by atoms with Crippen LogP contribution in [-0.4, -0.2) is 32.0 Å². The summed E-state index contributed by atoms with van der Waals surface area (Å²) in [6, 6.07) is 9.19. The summed E-state index contributed by atoms with van der Waals surface area (Å²) in [7, 11) is -3.06. The molecule has 0 spiro atoms. The van der Waals surface area contributed by atoms with Crippen molar-refractivity contribution in [2.45, 2.75) is 31.6 Å². The quantitative estimate of drug-likeness (QED) is 0.836. The van der Waals surface area contributed by atoms with Crippen LogP contribution in [0.25, 0.3) is 0 Å². The fourth-order valence-corrected chi connectivity index (χ4v) is 5.02. The molecule has 2 heterocycles. The number of carbonyl (C=O) groups is 1. The van der Waals surface area contributed by atoms with Crippen molar-refractivity contribution in [3.05, 3.63) is 57.3 Å². The van der Waals surface area contributed by atoms with Gasteiger partial charge in [-0.1, -0.05) is 19.1 Å². The number of sulfone groups is 1. The fourth-order valence-electron chi connectivity index (χ4n) is 3.29. The molecule has 1 atom stereocenters. The van der Waals surface area contributed by atoms with Gasteiger partial charge in [0.05, 0.1) is 11.8 Å². The molecule has 1 aromatic carbocycles. The van der Waals surface area contributed by atoms with Crippen LogP contribution in [0.1, 0.15) is 45.7 Å². The van der Waals surface area contributed by atoms with E-state index in [-0.39, 0.29) is 17.7 Å². The maximum atomic E-state index is 12.9. The Labute approximate surface area is 147 Å². The molecule has 0 aliphatic carbocycles. The number of hydrogen-bond acceptors (Lipinski definition) is 4. The molecule has 0 bridgehead atoms. The molecule has 2 aromatic rings. The molecule has 1 aliphatic rings. The van der Waals surface area contributed by atoms with Gasteiger partial charge in [-0.15, -0.1) is 11.3 Å². The normalized spacial score (nSPS) is 17.6.